The largest absolute Gasteiger partial charge is 0.389 e. The second kappa shape index (κ2) is 5.44. The van der Waals surface area contributed by atoms with E-state index in [2.05, 4.69) is 24.8 Å². The maximum absolute atomic E-state index is 9.91. The number of hydrogen-bond acceptors (Lipinski definition) is 4. The minimum Gasteiger partial charge on any atom is -0.389 e. The number of rotatable bonds is 2. The molecule has 1 aromatic carbocycles. The molecule has 19 heavy (non-hydrogen) atoms. The van der Waals surface area contributed by atoms with Gasteiger partial charge in [0.25, 0.3) is 0 Å². The standard InChI is InChI=1S/C15H20N2OS/c1-11(18)13-5-4-12(9-16)8-14(13)17-6-7-19-15(2,3)10-17/h4-5,8,11,18H,6-7,10H2,1-3H3/t11-/m0/s1. The van der Waals surface area contributed by atoms with Crippen LogP contribution >= 0.6 is 11.8 Å². The normalized spacial score (nSPS) is 19.8. The Morgan fingerprint density at radius 2 is 2.21 bits per heavy atom. The minimum absolute atomic E-state index is 0.205. The first-order valence-corrected chi connectivity index (χ1v) is 7.52. The molecule has 0 radical (unpaired) electrons. The first kappa shape index (κ1) is 14.2. The highest BCUT2D eigenvalue weighted by atomic mass is 32.2. The number of anilines is 1. The summed E-state index contributed by atoms with van der Waals surface area (Å²) in [5, 5.41) is 19.0. The highest BCUT2D eigenvalue weighted by Crippen LogP contribution is 2.35. The highest BCUT2D eigenvalue weighted by molar-refractivity contribution is 8.00. The van der Waals surface area contributed by atoms with Gasteiger partial charge >= 0.3 is 0 Å². The quantitative estimate of drug-likeness (QED) is 0.902. The van der Waals surface area contributed by atoms with Gasteiger partial charge in [0.05, 0.1) is 17.7 Å². The summed E-state index contributed by atoms with van der Waals surface area (Å²) in [7, 11) is 0. The molecule has 1 aliphatic heterocycles. The molecule has 1 atom stereocenters. The van der Waals surface area contributed by atoms with E-state index in [9.17, 15) is 5.11 Å². The lowest BCUT2D eigenvalue weighted by Crippen LogP contribution is -2.43. The van der Waals surface area contributed by atoms with Gasteiger partial charge in [-0.05, 0) is 32.9 Å². The molecule has 1 heterocycles. The number of aliphatic hydroxyl groups is 1. The van der Waals surface area contributed by atoms with Gasteiger partial charge in [0.2, 0.25) is 0 Å². The second-order valence-corrected chi connectivity index (χ2v) is 7.39. The maximum atomic E-state index is 9.91. The molecule has 3 nitrogen and oxygen atoms in total. The Kier molecular flexibility index (Phi) is 4.07. The molecule has 102 valence electrons. The predicted molar refractivity (Wildman–Crippen MR) is 80.5 cm³/mol. The van der Waals surface area contributed by atoms with Crippen LogP contribution in [0.3, 0.4) is 0 Å². The van der Waals surface area contributed by atoms with Gasteiger partial charge in [-0.1, -0.05) is 6.07 Å². The molecule has 4 heteroatoms. The van der Waals surface area contributed by atoms with Crippen molar-refractivity contribution >= 4 is 17.4 Å². The van der Waals surface area contributed by atoms with Crippen LogP contribution in [0, 0.1) is 11.3 Å². The average Bonchev–Trinajstić information content (AvgIpc) is 2.36. The van der Waals surface area contributed by atoms with Crippen LogP contribution in [-0.2, 0) is 0 Å². The Morgan fingerprint density at radius 3 is 2.79 bits per heavy atom. The van der Waals surface area contributed by atoms with Gasteiger partial charge in [-0.2, -0.15) is 17.0 Å². The van der Waals surface area contributed by atoms with E-state index in [1.54, 1.807) is 13.0 Å². The summed E-state index contributed by atoms with van der Waals surface area (Å²) in [5.41, 5.74) is 2.56. The SMILES string of the molecule is C[C@H](O)c1ccc(C#N)cc1N1CCSC(C)(C)C1. The number of nitriles is 1. The van der Waals surface area contributed by atoms with E-state index in [-0.39, 0.29) is 4.75 Å². The summed E-state index contributed by atoms with van der Waals surface area (Å²) in [6, 6.07) is 7.72. The van der Waals surface area contributed by atoms with Gasteiger partial charge in [-0.25, -0.2) is 0 Å². The van der Waals surface area contributed by atoms with Gasteiger partial charge in [-0.3, -0.25) is 0 Å². The molecule has 1 fully saturated rings. The van der Waals surface area contributed by atoms with E-state index in [0.29, 0.717) is 5.56 Å². The van der Waals surface area contributed by atoms with E-state index in [1.807, 2.05) is 23.9 Å². The molecular weight excluding hydrogens is 256 g/mol. The zero-order valence-corrected chi connectivity index (χ0v) is 12.5. The van der Waals surface area contributed by atoms with Crippen LogP contribution in [0.1, 0.15) is 38.0 Å². The third kappa shape index (κ3) is 3.23. The second-order valence-electron chi connectivity index (χ2n) is 5.59. The highest BCUT2D eigenvalue weighted by Gasteiger charge is 2.28. The van der Waals surface area contributed by atoms with E-state index >= 15 is 0 Å². The Hall–Kier alpha value is -1.18. The number of aliphatic hydroxyl groups excluding tert-OH is 1. The molecule has 0 unspecified atom stereocenters. The van der Waals surface area contributed by atoms with Crippen molar-refractivity contribution in [2.45, 2.75) is 31.6 Å². The van der Waals surface area contributed by atoms with Crippen LogP contribution in [0.25, 0.3) is 0 Å². The molecule has 2 rings (SSSR count). The van der Waals surface area contributed by atoms with Crippen molar-refractivity contribution in [3.8, 4) is 6.07 Å². The van der Waals surface area contributed by atoms with Crippen LogP contribution in [-0.4, -0.2) is 28.7 Å². The van der Waals surface area contributed by atoms with Crippen molar-refractivity contribution in [2.75, 3.05) is 23.7 Å². The predicted octanol–water partition coefficient (Wildman–Crippen LogP) is 2.94. The number of hydrogen-bond donors (Lipinski definition) is 1. The van der Waals surface area contributed by atoms with Crippen molar-refractivity contribution in [3.05, 3.63) is 29.3 Å². The van der Waals surface area contributed by atoms with Gasteiger partial charge in [0.1, 0.15) is 0 Å². The molecule has 0 spiro atoms. The van der Waals surface area contributed by atoms with Gasteiger partial charge in [-0.15, -0.1) is 0 Å². The minimum atomic E-state index is -0.513. The lowest BCUT2D eigenvalue weighted by molar-refractivity contribution is 0.199. The van der Waals surface area contributed by atoms with Crippen molar-refractivity contribution in [2.24, 2.45) is 0 Å². The van der Waals surface area contributed by atoms with Gasteiger partial charge in [0.15, 0.2) is 0 Å². The summed E-state index contributed by atoms with van der Waals surface area (Å²) in [5.74, 6) is 1.07. The Morgan fingerprint density at radius 1 is 1.47 bits per heavy atom. The van der Waals surface area contributed by atoms with E-state index in [0.717, 1.165) is 30.1 Å². The molecule has 0 bridgehead atoms. The topological polar surface area (TPSA) is 47.3 Å². The Bertz CT molecular complexity index is 505. The molecular formula is C15H20N2OS. The molecule has 0 aromatic heterocycles. The number of benzene rings is 1. The van der Waals surface area contributed by atoms with E-state index in [1.165, 1.54) is 0 Å². The summed E-state index contributed by atoms with van der Waals surface area (Å²) >= 11 is 1.97. The van der Waals surface area contributed by atoms with Crippen molar-refractivity contribution in [1.82, 2.24) is 0 Å². The monoisotopic (exact) mass is 276 g/mol. The van der Waals surface area contributed by atoms with Crippen LogP contribution in [0.4, 0.5) is 5.69 Å². The fraction of sp³-hybridized carbons (Fsp3) is 0.533. The summed E-state index contributed by atoms with van der Waals surface area (Å²) in [6.07, 6.45) is -0.513. The summed E-state index contributed by atoms with van der Waals surface area (Å²) in [6.45, 7) is 8.14. The number of thioether (sulfide) groups is 1. The maximum Gasteiger partial charge on any atom is 0.0992 e. The van der Waals surface area contributed by atoms with Crippen LogP contribution < -0.4 is 4.90 Å². The fourth-order valence-corrected chi connectivity index (χ4v) is 3.57. The molecule has 0 aliphatic carbocycles. The molecule has 1 N–H and O–H groups in total. The van der Waals surface area contributed by atoms with Crippen LogP contribution in [0.15, 0.2) is 18.2 Å². The van der Waals surface area contributed by atoms with Gasteiger partial charge < -0.3 is 10.0 Å². The Balaban J connectivity index is 2.39. The lowest BCUT2D eigenvalue weighted by atomic mass is 10.0. The van der Waals surface area contributed by atoms with Crippen LogP contribution in [0.5, 0.6) is 0 Å². The van der Waals surface area contributed by atoms with E-state index < -0.39 is 6.10 Å². The molecule has 0 amide bonds. The molecule has 0 saturated carbocycles. The zero-order chi connectivity index (χ0) is 14.0. The lowest BCUT2D eigenvalue weighted by Gasteiger charge is -2.40. The molecule has 1 aromatic rings. The van der Waals surface area contributed by atoms with Gasteiger partial charge in [0, 0.05) is 34.8 Å². The molecule has 1 saturated heterocycles. The average molecular weight is 276 g/mol. The molecule has 1 aliphatic rings. The summed E-state index contributed by atoms with van der Waals surface area (Å²) in [4.78, 5) is 2.29. The summed E-state index contributed by atoms with van der Waals surface area (Å²) < 4.78 is 0.205. The fourth-order valence-electron chi connectivity index (χ4n) is 2.46. The first-order valence-electron chi connectivity index (χ1n) is 6.54. The third-order valence-corrected chi connectivity index (χ3v) is 4.67. The van der Waals surface area contributed by atoms with Crippen LogP contribution in [0.2, 0.25) is 0 Å². The first-order chi connectivity index (χ1) is 8.93. The van der Waals surface area contributed by atoms with Crippen molar-refractivity contribution < 1.29 is 5.11 Å². The number of nitrogens with zero attached hydrogens (tertiary/aromatic N) is 2. The Labute approximate surface area is 119 Å². The smallest absolute Gasteiger partial charge is 0.0992 e. The van der Waals surface area contributed by atoms with Crippen molar-refractivity contribution in [3.63, 3.8) is 0 Å². The van der Waals surface area contributed by atoms with Crippen molar-refractivity contribution in [1.29, 1.82) is 5.26 Å². The third-order valence-electron chi connectivity index (χ3n) is 3.38. The zero-order valence-electron chi connectivity index (χ0n) is 11.7. The van der Waals surface area contributed by atoms with E-state index in [4.69, 9.17) is 5.26 Å².